The molecule has 92 valence electrons. The van der Waals surface area contributed by atoms with Gasteiger partial charge in [0.1, 0.15) is 6.54 Å². The zero-order valence-electron chi connectivity index (χ0n) is 8.99. The molecule has 0 radical (unpaired) electrons. The van der Waals surface area contributed by atoms with Crippen molar-refractivity contribution in [3.8, 4) is 0 Å². The molecule has 0 N–H and O–H groups in total. The van der Waals surface area contributed by atoms with E-state index >= 15 is 0 Å². The minimum absolute atomic E-state index is 0.0680. The number of carbonyl (C=O) groups excluding carboxylic acids is 1. The van der Waals surface area contributed by atoms with E-state index in [0.29, 0.717) is 5.56 Å². The molecule has 0 unspecified atom stereocenters. The third kappa shape index (κ3) is 2.88. The molecule has 0 fully saturated rings. The summed E-state index contributed by atoms with van der Waals surface area (Å²) < 4.78 is 2.18. The first kappa shape index (κ1) is 12.6. The number of halogens is 1. The van der Waals surface area contributed by atoms with E-state index in [1.54, 1.807) is 12.1 Å². The van der Waals surface area contributed by atoms with E-state index in [1.807, 2.05) is 12.1 Å². The van der Waals surface area contributed by atoms with Crippen LogP contribution in [0.1, 0.15) is 10.4 Å². The zero-order valence-corrected chi connectivity index (χ0v) is 11.1. The van der Waals surface area contributed by atoms with Gasteiger partial charge in [0, 0.05) is 14.2 Å². The molecule has 18 heavy (non-hydrogen) atoms. The quantitative estimate of drug-likeness (QED) is 0.359. The molecule has 0 bridgehead atoms. The van der Waals surface area contributed by atoms with Gasteiger partial charge in [-0.2, -0.15) is 4.68 Å². The highest BCUT2D eigenvalue weighted by Gasteiger charge is 2.15. The normalized spacial score (nSPS) is 10.3. The van der Waals surface area contributed by atoms with Gasteiger partial charge in [-0.05, 0) is 39.6 Å². The lowest BCUT2D eigenvalue weighted by molar-refractivity contribution is -0.394. The monoisotopic (exact) mass is 358 g/mol. The molecule has 2 rings (SSSR count). The Labute approximate surface area is 115 Å². The Morgan fingerprint density at radius 3 is 2.61 bits per heavy atom. The summed E-state index contributed by atoms with van der Waals surface area (Å²) >= 11 is 2.14. The van der Waals surface area contributed by atoms with Crippen LogP contribution in [-0.4, -0.2) is 25.5 Å². The fourth-order valence-electron chi connectivity index (χ4n) is 1.32. The number of hydrogen-bond acceptors (Lipinski definition) is 5. The molecule has 0 aliphatic heterocycles. The zero-order chi connectivity index (χ0) is 13.1. The first-order chi connectivity index (χ1) is 8.56. The highest BCUT2D eigenvalue weighted by Crippen LogP contribution is 2.08. The summed E-state index contributed by atoms with van der Waals surface area (Å²) in [5.41, 5.74) is 0.536. The smallest absolute Gasteiger partial charge is 0.390 e. The molecular weight excluding hydrogens is 351 g/mol. The van der Waals surface area contributed by atoms with Crippen molar-refractivity contribution in [2.24, 2.45) is 0 Å². The fraction of sp³-hybridized carbons (Fsp3) is 0.100. The van der Waals surface area contributed by atoms with E-state index in [0.717, 1.165) is 8.25 Å². The minimum Gasteiger partial charge on any atom is -0.390 e. The SMILES string of the molecule is O=C(Cn1cnc([N+](=O)[O-])n1)c1ccc(I)cc1. The van der Waals surface area contributed by atoms with E-state index in [-0.39, 0.29) is 12.3 Å². The second-order valence-corrected chi connectivity index (χ2v) is 4.67. The number of rotatable bonds is 4. The van der Waals surface area contributed by atoms with Gasteiger partial charge in [0.15, 0.2) is 5.78 Å². The molecular formula is C10H7IN4O3. The van der Waals surface area contributed by atoms with Crippen molar-refractivity contribution in [3.63, 3.8) is 0 Å². The van der Waals surface area contributed by atoms with E-state index in [2.05, 4.69) is 32.7 Å². The molecule has 0 aliphatic rings. The first-order valence-corrected chi connectivity index (χ1v) is 5.97. The maximum atomic E-state index is 11.8. The average Bonchev–Trinajstić information content (AvgIpc) is 2.78. The molecule has 0 saturated heterocycles. The van der Waals surface area contributed by atoms with Crippen LogP contribution in [0, 0.1) is 13.7 Å². The standard InChI is InChI=1S/C10H7IN4O3/c11-8-3-1-7(2-4-8)9(16)5-14-6-12-10(13-14)15(17)18/h1-4,6H,5H2. The summed E-state index contributed by atoms with van der Waals surface area (Å²) in [6, 6.07) is 7.04. The molecule has 1 heterocycles. The second kappa shape index (κ2) is 5.21. The molecule has 1 aromatic heterocycles. The molecule has 2 aromatic rings. The molecule has 0 atom stereocenters. The van der Waals surface area contributed by atoms with Gasteiger partial charge in [-0.25, -0.2) is 0 Å². The number of hydrogen-bond donors (Lipinski definition) is 0. The van der Waals surface area contributed by atoms with Gasteiger partial charge < -0.3 is 10.1 Å². The number of nitrogens with zero attached hydrogens (tertiary/aromatic N) is 4. The van der Waals surface area contributed by atoms with E-state index in [4.69, 9.17) is 0 Å². The van der Waals surface area contributed by atoms with Crippen molar-refractivity contribution in [1.29, 1.82) is 0 Å². The lowest BCUT2D eigenvalue weighted by Gasteiger charge is -1.98. The fourth-order valence-corrected chi connectivity index (χ4v) is 1.68. The van der Waals surface area contributed by atoms with Crippen molar-refractivity contribution in [2.45, 2.75) is 6.54 Å². The summed E-state index contributed by atoms with van der Waals surface area (Å²) in [6.45, 7) is -0.0680. The van der Waals surface area contributed by atoms with Crippen LogP contribution in [-0.2, 0) is 6.54 Å². The van der Waals surface area contributed by atoms with E-state index in [9.17, 15) is 14.9 Å². The van der Waals surface area contributed by atoms with E-state index in [1.165, 1.54) is 6.33 Å². The van der Waals surface area contributed by atoms with Crippen molar-refractivity contribution in [2.75, 3.05) is 0 Å². The maximum Gasteiger partial charge on any atom is 0.490 e. The number of aromatic nitrogens is 3. The minimum atomic E-state index is -0.703. The predicted octanol–water partition coefficient (Wildman–Crippen LogP) is 1.67. The molecule has 0 saturated carbocycles. The molecule has 7 nitrogen and oxygen atoms in total. The number of ketones is 1. The molecule has 0 amide bonds. The number of benzene rings is 1. The van der Waals surface area contributed by atoms with E-state index < -0.39 is 10.9 Å². The summed E-state index contributed by atoms with van der Waals surface area (Å²) in [4.78, 5) is 25.0. The third-order valence-corrected chi connectivity index (χ3v) is 2.88. The highest BCUT2D eigenvalue weighted by atomic mass is 127. The Morgan fingerprint density at radius 2 is 2.06 bits per heavy atom. The van der Waals surface area contributed by atoms with Gasteiger partial charge in [0.05, 0.1) is 0 Å². The van der Waals surface area contributed by atoms with Crippen molar-refractivity contribution in [1.82, 2.24) is 14.8 Å². The molecule has 0 aliphatic carbocycles. The Hall–Kier alpha value is -1.84. The number of Topliss-reactive ketones (excluding diaryl/α,β-unsaturated/α-hetero) is 1. The van der Waals surface area contributed by atoms with Crippen LogP contribution in [0.5, 0.6) is 0 Å². The van der Waals surface area contributed by atoms with Crippen LogP contribution < -0.4 is 0 Å². The topological polar surface area (TPSA) is 90.9 Å². The van der Waals surface area contributed by atoms with Crippen LogP contribution in [0.3, 0.4) is 0 Å². The Kier molecular flexibility index (Phi) is 3.65. The van der Waals surface area contributed by atoms with Gasteiger partial charge in [-0.15, -0.1) is 0 Å². The first-order valence-electron chi connectivity index (χ1n) is 4.89. The van der Waals surface area contributed by atoms with Crippen LogP contribution in [0.25, 0.3) is 0 Å². The number of carbonyl (C=O) groups is 1. The van der Waals surface area contributed by atoms with Gasteiger partial charge in [-0.1, -0.05) is 17.1 Å². The Bertz CT molecular complexity index is 593. The highest BCUT2D eigenvalue weighted by molar-refractivity contribution is 14.1. The van der Waals surface area contributed by atoms with Crippen molar-refractivity contribution >= 4 is 34.3 Å². The number of nitro groups is 1. The van der Waals surface area contributed by atoms with Gasteiger partial charge in [0.2, 0.25) is 6.33 Å². The van der Waals surface area contributed by atoms with Crippen LogP contribution >= 0.6 is 22.6 Å². The predicted molar refractivity (Wildman–Crippen MR) is 70.2 cm³/mol. The maximum absolute atomic E-state index is 11.8. The average molecular weight is 358 g/mol. The van der Waals surface area contributed by atoms with Gasteiger partial charge in [-0.3, -0.25) is 4.79 Å². The van der Waals surface area contributed by atoms with Crippen LogP contribution in [0.4, 0.5) is 5.95 Å². The van der Waals surface area contributed by atoms with Crippen molar-refractivity contribution < 1.29 is 9.72 Å². The molecule has 0 spiro atoms. The summed E-state index contributed by atoms with van der Waals surface area (Å²) in [6.07, 6.45) is 1.17. The lowest BCUT2D eigenvalue weighted by Crippen LogP contribution is -2.11. The van der Waals surface area contributed by atoms with Crippen LogP contribution in [0.15, 0.2) is 30.6 Å². The second-order valence-electron chi connectivity index (χ2n) is 3.43. The van der Waals surface area contributed by atoms with Gasteiger partial charge >= 0.3 is 5.95 Å². The lowest BCUT2D eigenvalue weighted by atomic mass is 10.1. The third-order valence-electron chi connectivity index (χ3n) is 2.16. The largest absolute Gasteiger partial charge is 0.490 e. The summed E-state index contributed by atoms with van der Waals surface area (Å²) in [5, 5.41) is 14.0. The van der Waals surface area contributed by atoms with Crippen molar-refractivity contribution in [3.05, 3.63) is 49.8 Å². The van der Waals surface area contributed by atoms with Gasteiger partial charge in [0.25, 0.3) is 0 Å². The Balaban J connectivity index is 2.11. The molecule has 8 heteroatoms. The molecule has 1 aromatic carbocycles. The summed E-state index contributed by atoms with van der Waals surface area (Å²) in [5.74, 6) is -0.684. The Morgan fingerprint density at radius 1 is 1.39 bits per heavy atom. The van der Waals surface area contributed by atoms with Crippen LogP contribution in [0.2, 0.25) is 0 Å². The summed E-state index contributed by atoms with van der Waals surface area (Å²) in [7, 11) is 0.